The van der Waals surface area contributed by atoms with Crippen molar-refractivity contribution in [2.75, 3.05) is 0 Å². The Morgan fingerprint density at radius 3 is 2.18 bits per heavy atom. The molecule has 0 rings (SSSR count). The number of carbonyl (C=O) groups excluding carboxylic acids is 1. The highest BCUT2D eigenvalue weighted by Crippen LogP contribution is 2.05. The predicted octanol–water partition coefficient (Wildman–Crippen LogP) is -0.715. The zero-order valence-corrected chi connectivity index (χ0v) is 6.87. The molecular weight excluding hydrogens is 168 g/mol. The largest absolute Gasteiger partial charge is 0.393 e. The number of carbonyl (C=O) groups is 1. The Morgan fingerprint density at radius 1 is 1.27 bits per heavy atom. The van der Waals surface area contributed by atoms with E-state index in [-0.39, 0.29) is 19.3 Å². The average Bonchev–Trinajstić information content (AvgIpc) is 1.82. The third-order valence-electron chi connectivity index (χ3n) is 1.17. The maximum atomic E-state index is 10.3. The second-order valence-corrected chi connectivity index (χ2v) is 2.81. The van der Waals surface area contributed by atoms with Gasteiger partial charge >= 0.3 is 0 Å². The van der Waals surface area contributed by atoms with Gasteiger partial charge in [0.25, 0.3) is 0 Å². The number of aliphatic hydroxyl groups excluding tert-OH is 2. The van der Waals surface area contributed by atoms with E-state index in [1.54, 1.807) is 0 Å². The van der Waals surface area contributed by atoms with E-state index in [1.807, 2.05) is 0 Å². The Bertz CT molecular complexity index is 126. The zero-order valence-electron chi connectivity index (χ0n) is 5.97. The third kappa shape index (κ3) is 7.80. The SMILES string of the molecule is O=C(S)CC(O)CCC(O)O. The van der Waals surface area contributed by atoms with Gasteiger partial charge in [0, 0.05) is 12.8 Å². The van der Waals surface area contributed by atoms with Gasteiger partial charge < -0.3 is 15.3 Å². The summed E-state index contributed by atoms with van der Waals surface area (Å²) in [6.07, 6.45) is -2.01. The van der Waals surface area contributed by atoms with E-state index >= 15 is 0 Å². The van der Waals surface area contributed by atoms with Crippen molar-refractivity contribution in [3.63, 3.8) is 0 Å². The van der Waals surface area contributed by atoms with Crippen LogP contribution in [0.3, 0.4) is 0 Å². The fraction of sp³-hybridized carbons (Fsp3) is 0.833. The van der Waals surface area contributed by atoms with E-state index in [0.29, 0.717) is 0 Å². The molecule has 0 aliphatic heterocycles. The molecule has 0 aromatic heterocycles. The van der Waals surface area contributed by atoms with Crippen molar-refractivity contribution < 1.29 is 20.1 Å². The lowest BCUT2D eigenvalue weighted by atomic mass is 10.1. The minimum absolute atomic E-state index is 0.0458. The van der Waals surface area contributed by atoms with Gasteiger partial charge in [-0.15, -0.1) is 12.6 Å². The Hall–Kier alpha value is -0.100. The molecule has 0 aliphatic carbocycles. The molecule has 0 bridgehead atoms. The molecule has 1 unspecified atom stereocenters. The van der Waals surface area contributed by atoms with Gasteiger partial charge in [-0.3, -0.25) is 4.79 Å². The second kappa shape index (κ2) is 5.54. The zero-order chi connectivity index (χ0) is 8.85. The van der Waals surface area contributed by atoms with Crippen LogP contribution in [0.15, 0.2) is 0 Å². The molecule has 0 saturated carbocycles. The number of hydrogen-bond acceptors (Lipinski definition) is 4. The molecule has 0 fully saturated rings. The summed E-state index contributed by atoms with van der Waals surface area (Å²) < 4.78 is 0. The van der Waals surface area contributed by atoms with Crippen molar-refractivity contribution in [3.05, 3.63) is 0 Å². The van der Waals surface area contributed by atoms with Crippen LogP contribution in [-0.2, 0) is 4.79 Å². The molecule has 0 spiro atoms. The Kier molecular flexibility index (Phi) is 5.49. The van der Waals surface area contributed by atoms with E-state index in [1.165, 1.54) is 0 Å². The molecule has 0 heterocycles. The Morgan fingerprint density at radius 2 is 1.82 bits per heavy atom. The molecule has 4 nitrogen and oxygen atoms in total. The minimum atomic E-state index is -1.42. The van der Waals surface area contributed by atoms with E-state index in [4.69, 9.17) is 15.3 Å². The van der Waals surface area contributed by atoms with Gasteiger partial charge in [0.1, 0.15) is 0 Å². The quantitative estimate of drug-likeness (QED) is 0.333. The fourth-order valence-corrected chi connectivity index (χ4v) is 0.856. The lowest BCUT2D eigenvalue weighted by Crippen LogP contribution is -2.14. The molecule has 66 valence electrons. The van der Waals surface area contributed by atoms with Crippen molar-refractivity contribution in [1.29, 1.82) is 0 Å². The molecule has 0 aromatic carbocycles. The summed E-state index contributed by atoms with van der Waals surface area (Å²) >= 11 is 3.46. The topological polar surface area (TPSA) is 77.8 Å². The van der Waals surface area contributed by atoms with Crippen LogP contribution < -0.4 is 0 Å². The first-order valence-corrected chi connectivity index (χ1v) is 3.73. The van der Waals surface area contributed by atoms with Crippen molar-refractivity contribution in [2.45, 2.75) is 31.7 Å². The van der Waals surface area contributed by atoms with Crippen molar-refractivity contribution in [3.8, 4) is 0 Å². The summed E-state index contributed by atoms with van der Waals surface area (Å²) in [7, 11) is 0. The second-order valence-electron chi connectivity index (χ2n) is 2.31. The van der Waals surface area contributed by atoms with Crippen LogP contribution in [0.4, 0.5) is 0 Å². The lowest BCUT2D eigenvalue weighted by molar-refractivity contribution is -0.113. The van der Waals surface area contributed by atoms with Gasteiger partial charge in [-0.25, -0.2) is 0 Å². The predicted molar refractivity (Wildman–Crippen MR) is 42.1 cm³/mol. The lowest BCUT2D eigenvalue weighted by Gasteiger charge is -2.08. The van der Waals surface area contributed by atoms with Crippen molar-refractivity contribution in [1.82, 2.24) is 0 Å². The molecule has 5 heteroatoms. The first kappa shape index (κ1) is 10.9. The highest BCUT2D eigenvalue weighted by atomic mass is 32.1. The molecule has 11 heavy (non-hydrogen) atoms. The summed E-state index contributed by atoms with van der Waals surface area (Å²) in [6.45, 7) is 0. The van der Waals surface area contributed by atoms with E-state index in [9.17, 15) is 4.79 Å². The maximum absolute atomic E-state index is 10.3. The van der Waals surface area contributed by atoms with Crippen LogP contribution >= 0.6 is 12.6 Å². The number of aliphatic hydroxyl groups is 3. The molecule has 1 atom stereocenters. The van der Waals surface area contributed by atoms with Gasteiger partial charge in [0.2, 0.25) is 0 Å². The van der Waals surface area contributed by atoms with Gasteiger partial charge in [-0.05, 0) is 6.42 Å². The highest BCUT2D eigenvalue weighted by Gasteiger charge is 2.09. The molecule has 0 amide bonds. The molecule has 0 saturated heterocycles. The average molecular weight is 180 g/mol. The smallest absolute Gasteiger partial charge is 0.188 e. The van der Waals surface area contributed by atoms with Crippen molar-refractivity contribution >= 4 is 17.7 Å². The molecular formula is C6H12O4S. The number of hydrogen-bond donors (Lipinski definition) is 4. The molecule has 0 aliphatic rings. The first-order valence-electron chi connectivity index (χ1n) is 3.28. The van der Waals surface area contributed by atoms with Gasteiger partial charge in [-0.1, -0.05) is 0 Å². The van der Waals surface area contributed by atoms with Crippen LogP contribution in [0.25, 0.3) is 0 Å². The number of rotatable bonds is 5. The third-order valence-corrected chi connectivity index (χ3v) is 1.35. The van der Waals surface area contributed by atoms with Crippen LogP contribution in [0.2, 0.25) is 0 Å². The standard InChI is InChI=1S/C6H12O4S/c7-4(3-6(10)11)1-2-5(8)9/h4-5,7-9H,1-3H2,(H,10,11). The van der Waals surface area contributed by atoms with E-state index in [2.05, 4.69) is 12.6 Å². The molecule has 3 N–H and O–H groups in total. The van der Waals surface area contributed by atoms with Crippen LogP contribution in [0.5, 0.6) is 0 Å². The van der Waals surface area contributed by atoms with Gasteiger partial charge in [0.15, 0.2) is 11.4 Å². The minimum Gasteiger partial charge on any atom is -0.393 e. The number of thiol groups is 1. The van der Waals surface area contributed by atoms with Gasteiger partial charge in [-0.2, -0.15) is 0 Å². The fourth-order valence-electron chi connectivity index (χ4n) is 0.645. The summed E-state index contributed by atoms with van der Waals surface area (Å²) in [6, 6.07) is 0. The Balaban J connectivity index is 3.37. The first-order chi connectivity index (χ1) is 5.02. The summed E-state index contributed by atoms with van der Waals surface area (Å²) in [4.78, 5) is 10.3. The van der Waals surface area contributed by atoms with Crippen molar-refractivity contribution in [2.24, 2.45) is 0 Å². The van der Waals surface area contributed by atoms with Crippen LogP contribution in [-0.4, -0.2) is 32.8 Å². The summed E-state index contributed by atoms with van der Waals surface area (Å²) in [5, 5.41) is 25.3. The summed E-state index contributed by atoms with van der Waals surface area (Å²) in [5.41, 5.74) is 0. The van der Waals surface area contributed by atoms with Crippen LogP contribution in [0.1, 0.15) is 19.3 Å². The van der Waals surface area contributed by atoms with Crippen LogP contribution in [0, 0.1) is 0 Å². The normalized spacial score (nSPS) is 13.5. The summed E-state index contributed by atoms with van der Waals surface area (Å²) in [5.74, 6) is 0. The van der Waals surface area contributed by atoms with E-state index in [0.717, 1.165) is 0 Å². The Labute approximate surface area is 70.3 Å². The molecule has 0 aromatic rings. The maximum Gasteiger partial charge on any atom is 0.188 e. The monoisotopic (exact) mass is 180 g/mol. The highest BCUT2D eigenvalue weighted by molar-refractivity contribution is 7.96. The van der Waals surface area contributed by atoms with Gasteiger partial charge in [0.05, 0.1) is 6.10 Å². The van der Waals surface area contributed by atoms with E-state index < -0.39 is 17.5 Å². The molecule has 0 radical (unpaired) electrons.